The molecule has 0 N–H and O–H groups in total. The van der Waals surface area contributed by atoms with Gasteiger partial charge in [0.2, 0.25) is 0 Å². The van der Waals surface area contributed by atoms with Crippen molar-refractivity contribution in [3.63, 3.8) is 0 Å². The molecule has 0 aromatic carbocycles. The Morgan fingerprint density at radius 3 is 3.00 bits per heavy atom. The monoisotopic (exact) mass is 243 g/mol. The van der Waals surface area contributed by atoms with Crippen molar-refractivity contribution < 1.29 is 0 Å². The van der Waals surface area contributed by atoms with Crippen LogP contribution in [-0.2, 0) is 0 Å². The lowest BCUT2D eigenvalue weighted by molar-refractivity contribution is 1.26. The molecule has 0 bridgehead atoms. The van der Waals surface area contributed by atoms with Crippen molar-refractivity contribution in [2.75, 3.05) is 0 Å². The first-order valence-electron chi connectivity index (χ1n) is 1.61. The third-order valence-electron chi connectivity index (χ3n) is 0.476. The summed E-state index contributed by atoms with van der Waals surface area (Å²) in [6.45, 7) is 0. The van der Waals surface area contributed by atoms with Crippen LogP contribution in [0.4, 0.5) is 0 Å². The maximum atomic E-state index is 4.01. The SMILES string of the molecule is ISc1nccs1. The molecule has 0 aliphatic carbocycles. The average molecular weight is 243 g/mol. The molecule has 0 atom stereocenters. The largest absolute Gasteiger partial charge is 0.237 e. The Morgan fingerprint density at radius 2 is 2.71 bits per heavy atom. The predicted molar refractivity (Wildman–Crippen MR) is 42.0 cm³/mol. The summed E-state index contributed by atoms with van der Waals surface area (Å²) in [5.41, 5.74) is 0. The van der Waals surface area contributed by atoms with Crippen LogP contribution in [0.3, 0.4) is 0 Å². The highest BCUT2D eigenvalue weighted by atomic mass is 127. The molecule has 0 aliphatic rings. The molecule has 1 rings (SSSR count). The van der Waals surface area contributed by atoms with Crippen LogP contribution in [0.15, 0.2) is 15.9 Å². The van der Waals surface area contributed by atoms with E-state index in [1.54, 1.807) is 20.3 Å². The molecule has 0 fully saturated rings. The minimum Gasteiger partial charge on any atom is -0.237 e. The summed E-state index contributed by atoms with van der Waals surface area (Å²) in [4.78, 5) is 4.01. The molecular formula is C3H2INS2. The molecule has 0 radical (unpaired) electrons. The molecule has 1 nitrogen and oxygen atoms in total. The Kier molecular flexibility index (Phi) is 2.41. The quantitative estimate of drug-likeness (QED) is 0.703. The lowest BCUT2D eigenvalue weighted by Crippen LogP contribution is -1.53. The molecule has 0 amide bonds. The summed E-state index contributed by atoms with van der Waals surface area (Å²) in [5, 5.41) is 1.97. The van der Waals surface area contributed by atoms with Gasteiger partial charge < -0.3 is 0 Å². The van der Waals surface area contributed by atoms with E-state index in [4.69, 9.17) is 0 Å². The van der Waals surface area contributed by atoms with Gasteiger partial charge in [0.05, 0.1) is 0 Å². The Hall–Kier alpha value is 0.710. The maximum absolute atomic E-state index is 4.01. The van der Waals surface area contributed by atoms with Crippen LogP contribution in [0, 0.1) is 0 Å². The second-order valence-corrected chi connectivity index (χ2v) is 3.89. The maximum Gasteiger partial charge on any atom is 0.160 e. The summed E-state index contributed by atoms with van der Waals surface area (Å²) >= 11 is 3.88. The van der Waals surface area contributed by atoms with E-state index in [-0.39, 0.29) is 0 Å². The fourth-order valence-corrected chi connectivity index (χ4v) is 2.30. The topological polar surface area (TPSA) is 12.9 Å². The molecule has 0 aliphatic heterocycles. The van der Waals surface area contributed by atoms with Crippen LogP contribution in [0.1, 0.15) is 0 Å². The standard InChI is InChI=1S/C3H2INS2/c4-7-3-5-1-2-6-3/h1-2H. The van der Waals surface area contributed by atoms with E-state index in [0.29, 0.717) is 0 Å². The van der Waals surface area contributed by atoms with Crippen molar-refractivity contribution in [2.45, 2.75) is 4.34 Å². The van der Waals surface area contributed by atoms with Gasteiger partial charge >= 0.3 is 0 Å². The van der Waals surface area contributed by atoms with Crippen molar-refractivity contribution in [2.24, 2.45) is 0 Å². The van der Waals surface area contributed by atoms with Gasteiger partial charge in [-0.2, -0.15) is 0 Å². The van der Waals surface area contributed by atoms with Gasteiger partial charge in [0.25, 0.3) is 0 Å². The zero-order valence-corrected chi connectivity index (χ0v) is 7.09. The van der Waals surface area contributed by atoms with Crippen LogP contribution in [0.5, 0.6) is 0 Å². The van der Waals surface area contributed by atoms with Crippen LogP contribution in [-0.4, -0.2) is 4.98 Å². The number of rotatable bonds is 1. The number of halogens is 1. The van der Waals surface area contributed by atoms with Crippen molar-refractivity contribution in [1.29, 1.82) is 0 Å². The van der Waals surface area contributed by atoms with Crippen LogP contribution in [0.2, 0.25) is 0 Å². The highest BCUT2D eigenvalue weighted by molar-refractivity contribution is 14.2. The second kappa shape index (κ2) is 2.88. The molecule has 1 heterocycles. The second-order valence-electron chi connectivity index (χ2n) is 0.875. The summed E-state index contributed by atoms with van der Waals surface area (Å²) in [5.74, 6) is 0. The van der Waals surface area contributed by atoms with Crippen molar-refractivity contribution in [3.8, 4) is 0 Å². The number of thiazole rings is 1. The van der Waals surface area contributed by atoms with E-state index in [9.17, 15) is 0 Å². The number of hydrogen-bond acceptors (Lipinski definition) is 3. The van der Waals surface area contributed by atoms with E-state index in [0.717, 1.165) is 4.34 Å². The third-order valence-corrected chi connectivity index (χ3v) is 3.96. The van der Waals surface area contributed by atoms with Gasteiger partial charge in [0.1, 0.15) is 0 Å². The molecule has 7 heavy (non-hydrogen) atoms. The van der Waals surface area contributed by atoms with Gasteiger partial charge in [-0.3, -0.25) is 0 Å². The highest BCUT2D eigenvalue weighted by Crippen LogP contribution is 2.25. The van der Waals surface area contributed by atoms with Gasteiger partial charge in [0.15, 0.2) is 4.34 Å². The zero-order chi connectivity index (χ0) is 5.11. The average Bonchev–Trinajstić information content (AvgIpc) is 2.14. The third kappa shape index (κ3) is 1.58. The molecular weight excluding hydrogens is 241 g/mol. The van der Waals surface area contributed by atoms with Crippen molar-refractivity contribution >= 4 is 41.5 Å². The molecule has 0 saturated heterocycles. The lowest BCUT2D eigenvalue weighted by Gasteiger charge is -1.74. The highest BCUT2D eigenvalue weighted by Gasteiger charge is 1.87. The van der Waals surface area contributed by atoms with E-state index < -0.39 is 0 Å². The summed E-state index contributed by atoms with van der Waals surface area (Å²) < 4.78 is 1.13. The number of aromatic nitrogens is 1. The van der Waals surface area contributed by atoms with Gasteiger partial charge in [-0.25, -0.2) is 4.98 Å². The van der Waals surface area contributed by atoms with Crippen LogP contribution >= 0.6 is 41.5 Å². The Balaban J connectivity index is 2.76. The molecule has 0 unspecified atom stereocenters. The molecule has 1 aromatic rings. The fraction of sp³-hybridized carbons (Fsp3) is 0. The van der Waals surface area contributed by atoms with Crippen molar-refractivity contribution in [1.82, 2.24) is 4.98 Å². The minimum absolute atomic E-state index is 1.13. The van der Waals surface area contributed by atoms with E-state index in [1.165, 1.54) is 0 Å². The molecule has 1 aromatic heterocycles. The number of hydrogen-bond donors (Lipinski definition) is 0. The van der Waals surface area contributed by atoms with Gasteiger partial charge in [-0.1, -0.05) is 0 Å². The molecule has 0 saturated carbocycles. The summed E-state index contributed by atoms with van der Waals surface area (Å²) in [6, 6.07) is 0. The first-order valence-corrected chi connectivity index (χ1v) is 5.85. The van der Waals surface area contributed by atoms with E-state index in [2.05, 4.69) is 26.2 Å². The van der Waals surface area contributed by atoms with Gasteiger partial charge in [-0.05, 0) is 8.93 Å². The Morgan fingerprint density at radius 1 is 1.86 bits per heavy atom. The van der Waals surface area contributed by atoms with Crippen LogP contribution < -0.4 is 0 Å². The van der Waals surface area contributed by atoms with Gasteiger partial charge in [0, 0.05) is 32.8 Å². The first-order chi connectivity index (χ1) is 3.43. The van der Waals surface area contributed by atoms with E-state index in [1.807, 2.05) is 11.6 Å². The molecule has 4 heteroatoms. The molecule has 0 spiro atoms. The summed E-state index contributed by atoms with van der Waals surface area (Å²) in [6.07, 6.45) is 1.81. The van der Waals surface area contributed by atoms with Crippen molar-refractivity contribution in [3.05, 3.63) is 11.6 Å². The van der Waals surface area contributed by atoms with Gasteiger partial charge in [-0.15, -0.1) is 11.3 Å². The van der Waals surface area contributed by atoms with Crippen LogP contribution in [0.25, 0.3) is 0 Å². The smallest absolute Gasteiger partial charge is 0.160 e. The Bertz CT molecular complexity index is 127. The zero-order valence-electron chi connectivity index (χ0n) is 3.30. The first kappa shape index (κ1) is 5.84. The summed E-state index contributed by atoms with van der Waals surface area (Å²) in [7, 11) is 1.65. The molecule has 38 valence electrons. The number of nitrogens with zero attached hydrogens (tertiary/aromatic N) is 1. The Labute approximate surface area is 62.1 Å². The predicted octanol–water partition coefficient (Wildman–Crippen LogP) is 2.59. The fourth-order valence-electron chi connectivity index (χ4n) is 0.248. The van der Waals surface area contributed by atoms with E-state index >= 15 is 0 Å². The normalized spacial score (nSPS) is 9.29. The minimum atomic E-state index is 1.13. The lowest BCUT2D eigenvalue weighted by atomic mass is 11.0.